The van der Waals surface area contributed by atoms with Crippen molar-refractivity contribution in [3.63, 3.8) is 0 Å². The molecule has 2 rings (SSSR count). The highest BCUT2D eigenvalue weighted by atomic mass is 17.1. The number of aliphatic carboxylic acids is 1. The van der Waals surface area contributed by atoms with E-state index in [-0.39, 0.29) is 36.5 Å². The highest BCUT2D eigenvalue weighted by molar-refractivity contribution is 5.91. The SMILES string of the molecule is Cc1cc(C(CCC(=O)O)c2cc(C)c(O)c(C(=O)O)c2)cc(COO)c1O. The Balaban J connectivity index is 2.64. The van der Waals surface area contributed by atoms with Gasteiger partial charge in [-0.1, -0.05) is 12.1 Å². The molecule has 8 heteroatoms. The smallest absolute Gasteiger partial charge is 0.339 e. The van der Waals surface area contributed by atoms with E-state index < -0.39 is 17.9 Å². The van der Waals surface area contributed by atoms with E-state index in [1.54, 1.807) is 32.0 Å². The van der Waals surface area contributed by atoms with Gasteiger partial charge >= 0.3 is 11.9 Å². The molecule has 2 aromatic rings. The third kappa shape index (κ3) is 4.59. The average Bonchev–Trinajstić information content (AvgIpc) is 2.61. The summed E-state index contributed by atoms with van der Waals surface area (Å²) >= 11 is 0. The van der Waals surface area contributed by atoms with Gasteiger partial charge < -0.3 is 20.4 Å². The van der Waals surface area contributed by atoms with Crippen LogP contribution in [0.25, 0.3) is 0 Å². The fourth-order valence-corrected chi connectivity index (χ4v) is 3.23. The number of benzene rings is 2. The summed E-state index contributed by atoms with van der Waals surface area (Å²) < 4.78 is 0. The maximum absolute atomic E-state index is 11.5. The lowest BCUT2D eigenvalue weighted by atomic mass is 9.84. The Hall–Kier alpha value is -3.10. The summed E-state index contributed by atoms with van der Waals surface area (Å²) in [7, 11) is 0. The van der Waals surface area contributed by atoms with Crippen LogP contribution in [0.2, 0.25) is 0 Å². The molecule has 0 spiro atoms. The molecule has 0 aliphatic heterocycles. The van der Waals surface area contributed by atoms with E-state index in [1.807, 2.05) is 0 Å². The molecule has 28 heavy (non-hydrogen) atoms. The topological polar surface area (TPSA) is 145 Å². The van der Waals surface area contributed by atoms with Gasteiger partial charge in [0.05, 0.1) is 0 Å². The van der Waals surface area contributed by atoms with Gasteiger partial charge in [-0.05, 0) is 54.7 Å². The average molecular weight is 390 g/mol. The number of carbonyl (C=O) groups is 2. The number of phenols is 2. The summed E-state index contributed by atoms with van der Waals surface area (Å²) in [5.41, 5.74) is 2.04. The first-order chi connectivity index (χ1) is 13.1. The molecule has 0 bridgehead atoms. The summed E-state index contributed by atoms with van der Waals surface area (Å²) in [5.74, 6) is -3.21. The molecule has 150 valence electrons. The highest BCUT2D eigenvalue weighted by Gasteiger charge is 2.22. The van der Waals surface area contributed by atoms with Crippen LogP contribution in [0.3, 0.4) is 0 Å². The number of hydrogen-bond donors (Lipinski definition) is 5. The highest BCUT2D eigenvalue weighted by Crippen LogP contribution is 2.37. The van der Waals surface area contributed by atoms with Crippen molar-refractivity contribution in [1.29, 1.82) is 0 Å². The predicted octanol–water partition coefficient (Wildman–Crippen LogP) is 3.40. The van der Waals surface area contributed by atoms with Gasteiger partial charge in [0.1, 0.15) is 23.7 Å². The van der Waals surface area contributed by atoms with Crippen LogP contribution >= 0.6 is 0 Å². The number of aromatic hydroxyl groups is 2. The van der Waals surface area contributed by atoms with Crippen LogP contribution < -0.4 is 0 Å². The molecule has 0 saturated carbocycles. The van der Waals surface area contributed by atoms with Crippen LogP contribution in [0.4, 0.5) is 0 Å². The van der Waals surface area contributed by atoms with E-state index >= 15 is 0 Å². The van der Waals surface area contributed by atoms with Gasteiger partial charge in [0.2, 0.25) is 0 Å². The Labute approximate surface area is 161 Å². The van der Waals surface area contributed by atoms with Gasteiger partial charge in [-0.3, -0.25) is 10.1 Å². The van der Waals surface area contributed by atoms with Gasteiger partial charge in [-0.2, -0.15) is 0 Å². The van der Waals surface area contributed by atoms with Crippen LogP contribution in [0, 0.1) is 13.8 Å². The van der Waals surface area contributed by atoms with Gasteiger partial charge in [0.15, 0.2) is 0 Å². The molecule has 0 amide bonds. The summed E-state index contributed by atoms with van der Waals surface area (Å²) in [6, 6.07) is 6.18. The minimum atomic E-state index is -1.30. The van der Waals surface area contributed by atoms with Gasteiger partial charge in [0, 0.05) is 17.9 Å². The largest absolute Gasteiger partial charge is 0.507 e. The first-order valence-electron chi connectivity index (χ1n) is 8.53. The second kappa shape index (κ2) is 8.73. The molecule has 0 aromatic heterocycles. The van der Waals surface area contributed by atoms with Gasteiger partial charge in [-0.25, -0.2) is 9.68 Å². The van der Waals surface area contributed by atoms with Crippen molar-refractivity contribution in [3.05, 3.63) is 57.6 Å². The van der Waals surface area contributed by atoms with Crippen molar-refractivity contribution < 1.29 is 40.2 Å². The molecule has 0 aliphatic rings. The van der Waals surface area contributed by atoms with Crippen LogP contribution in [0.5, 0.6) is 11.5 Å². The van der Waals surface area contributed by atoms with Crippen molar-refractivity contribution in [1.82, 2.24) is 0 Å². The van der Waals surface area contributed by atoms with Crippen molar-refractivity contribution in [3.8, 4) is 11.5 Å². The molecule has 0 saturated heterocycles. The number of carboxylic acid groups (broad SMARTS) is 2. The van der Waals surface area contributed by atoms with E-state index in [0.29, 0.717) is 27.8 Å². The van der Waals surface area contributed by atoms with Gasteiger partial charge in [-0.15, -0.1) is 0 Å². The Morgan fingerprint density at radius 3 is 2.07 bits per heavy atom. The zero-order valence-electron chi connectivity index (χ0n) is 15.5. The van der Waals surface area contributed by atoms with E-state index in [2.05, 4.69) is 4.89 Å². The first-order valence-corrected chi connectivity index (χ1v) is 8.53. The van der Waals surface area contributed by atoms with E-state index in [0.717, 1.165) is 0 Å². The van der Waals surface area contributed by atoms with Crippen LogP contribution in [-0.2, 0) is 16.3 Å². The molecule has 1 unspecified atom stereocenters. The number of aromatic carboxylic acids is 1. The number of phenolic OH excluding ortho intramolecular Hbond substituents is 1. The molecule has 0 aliphatic carbocycles. The molecular formula is C20H22O8. The van der Waals surface area contributed by atoms with Crippen molar-refractivity contribution in [2.24, 2.45) is 0 Å². The van der Waals surface area contributed by atoms with Crippen molar-refractivity contribution >= 4 is 11.9 Å². The maximum atomic E-state index is 11.5. The maximum Gasteiger partial charge on any atom is 0.339 e. The number of rotatable bonds is 8. The molecule has 5 N–H and O–H groups in total. The second-order valence-electron chi connectivity index (χ2n) is 6.64. The molecule has 2 aromatic carbocycles. The quantitative estimate of drug-likeness (QED) is 0.341. The van der Waals surface area contributed by atoms with Crippen LogP contribution in [0.15, 0.2) is 24.3 Å². The number of carboxylic acids is 2. The number of hydrogen-bond acceptors (Lipinski definition) is 6. The second-order valence-corrected chi connectivity index (χ2v) is 6.64. The van der Waals surface area contributed by atoms with E-state index in [9.17, 15) is 24.9 Å². The number of aryl methyl sites for hydroxylation is 2. The first kappa shape index (κ1) is 21.2. The Morgan fingerprint density at radius 1 is 0.964 bits per heavy atom. The van der Waals surface area contributed by atoms with E-state index in [4.69, 9.17) is 10.4 Å². The lowest BCUT2D eigenvalue weighted by molar-refractivity contribution is -0.253. The molecule has 1 atom stereocenters. The normalized spacial score (nSPS) is 12.0. The standard InChI is InChI=1S/C20H22O8/c1-10-5-12(7-14(9-28-27)18(10)23)15(3-4-17(21)22)13-6-11(2)19(24)16(8-13)20(25)26/h5-8,15,23-24,27H,3-4,9H2,1-2H3,(H,21,22)(H,25,26). The summed E-state index contributed by atoms with van der Waals surface area (Å²) in [6.45, 7) is 2.95. The monoisotopic (exact) mass is 390 g/mol. The van der Waals surface area contributed by atoms with Crippen LogP contribution in [0.1, 0.15) is 56.9 Å². The lowest BCUT2D eigenvalue weighted by Crippen LogP contribution is -2.09. The minimum Gasteiger partial charge on any atom is -0.507 e. The fourth-order valence-electron chi connectivity index (χ4n) is 3.23. The molecule has 0 heterocycles. The molecule has 8 nitrogen and oxygen atoms in total. The Kier molecular flexibility index (Phi) is 6.61. The minimum absolute atomic E-state index is 0.0529. The van der Waals surface area contributed by atoms with Crippen LogP contribution in [-0.4, -0.2) is 37.6 Å². The summed E-state index contributed by atoms with van der Waals surface area (Å²) in [4.78, 5) is 26.7. The predicted molar refractivity (Wildman–Crippen MR) is 98.8 cm³/mol. The summed E-state index contributed by atoms with van der Waals surface area (Å²) in [5, 5.41) is 47.3. The zero-order chi connectivity index (χ0) is 21.0. The van der Waals surface area contributed by atoms with E-state index in [1.165, 1.54) is 6.07 Å². The molecule has 0 radical (unpaired) electrons. The van der Waals surface area contributed by atoms with Crippen molar-refractivity contribution in [2.45, 2.75) is 39.2 Å². The lowest BCUT2D eigenvalue weighted by Gasteiger charge is -2.21. The summed E-state index contributed by atoms with van der Waals surface area (Å²) in [6.07, 6.45) is 0.000990. The fraction of sp³-hybridized carbons (Fsp3) is 0.300. The molecular weight excluding hydrogens is 368 g/mol. The Morgan fingerprint density at radius 2 is 1.54 bits per heavy atom. The Bertz CT molecular complexity index is 904. The third-order valence-corrected chi connectivity index (χ3v) is 4.63. The zero-order valence-corrected chi connectivity index (χ0v) is 15.5. The van der Waals surface area contributed by atoms with Crippen molar-refractivity contribution in [2.75, 3.05) is 0 Å². The van der Waals surface area contributed by atoms with Gasteiger partial charge in [0.25, 0.3) is 0 Å². The molecule has 0 fully saturated rings. The third-order valence-electron chi connectivity index (χ3n) is 4.63.